The summed E-state index contributed by atoms with van der Waals surface area (Å²) in [4.78, 5) is 0. The van der Waals surface area contributed by atoms with Crippen LogP contribution in [0.15, 0.2) is 65.8 Å². The molecule has 0 radical (unpaired) electrons. The zero-order valence-electron chi connectivity index (χ0n) is 11.0. The molecule has 3 rings (SSSR count). The molecule has 90 valence electrons. The van der Waals surface area contributed by atoms with Crippen molar-refractivity contribution in [3.8, 4) is 0 Å². The van der Waals surface area contributed by atoms with Crippen molar-refractivity contribution in [2.24, 2.45) is 5.41 Å². The van der Waals surface area contributed by atoms with Crippen LogP contribution in [0, 0.1) is 5.41 Å². The highest BCUT2D eigenvalue weighted by Crippen LogP contribution is 2.30. The summed E-state index contributed by atoms with van der Waals surface area (Å²) >= 11 is 0. The Morgan fingerprint density at radius 1 is 0.889 bits per heavy atom. The van der Waals surface area contributed by atoms with Gasteiger partial charge in [0.05, 0.1) is 0 Å². The largest absolute Gasteiger partial charge is 0.0748 e. The summed E-state index contributed by atoms with van der Waals surface area (Å²) in [6.45, 7) is 4.48. The molecule has 2 aliphatic rings. The first-order valence-electron chi connectivity index (χ1n) is 6.52. The van der Waals surface area contributed by atoms with Gasteiger partial charge in [-0.15, -0.1) is 0 Å². The van der Waals surface area contributed by atoms with Gasteiger partial charge in [0, 0.05) is 5.41 Å². The number of fused-ring (bicyclic) bond motifs is 1. The molecule has 0 atom stereocenters. The first-order chi connectivity index (χ1) is 8.64. The van der Waals surface area contributed by atoms with Crippen molar-refractivity contribution in [3.05, 3.63) is 76.9 Å². The fourth-order valence-corrected chi connectivity index (χ4v) is 2.44. The number of allylic oxidation sites excluding steroid dienone is 7. The predicted molar refractivity (Wildman–Crippen MR) is 78.3 cm³/mol. The van der Waals surface area contributed by atoms with Crippen molar-refractivity contribution >= 4 is 6.08 Å². The Kier molecular flexibility index (Phi) is 2.59. The number of rotatable bonds is 0. The fourth-order valence-electron chi connectivity index (χ4n) is 2.44. The molecule has 0 aliphatic heterocycles. The van der Waals surface area contributed by atoms with Gasteiger partial charge in [-0.2, -0.15) is 0 Å². The molecule has 0 heteroatoms. The highest BCUT2D eigenvalue weighted by molar-refractivity contribution is 5.64. The second kappa shape index (κ2) is 4.13. The van der Waals surface area contributed by atoms with Gasteiger partial charge in [0.2, 0.25) is 0 Å². The van der Waals surface area contributed by atoms with Crippen molar-refractivity contribution in [1.29, 1.82) is 0 Å². The van der Waals surface area contributed by atoms with Gasteiger partial charge < -0.3 is 0 Å². The predicted octanol–water partition coefficient (Wildman–Crippen LogP) is 4.70. The molecule has 0 aromatic heterocycles. The average molecular weight is 234 g/mol. The van der Waals surface area contributed by atoms with Gasteiger partial charge in [0.15, 0.2) is 0 Å². The molecule has 0 bridgehead atoms. The third kappa shape index (κ3) is 2.11. The maximum Gasteiger partial charge on any atom is 0.00110 e. The smallest absolute Gasteiger partial charge is 0.00110 e. The maximum atomic E-state index is 2.30. The van der Waals surface area contributed by atoms with Crippen molar-refractivity contribution < 1.29 is 0 Å². The summed E-state index contributed by atoms with van der Waals surface area (Å²) in [7, 11) is 0. The first-order valence-corrected chi connectivity index (χ1v) is 6.52. The molecule has 0 saturated carbocycles. The average Bonchev–Trinajstić information content (AvgIpc) is 2.61. The van der Waals surface area contributed by atoms with E-state index in [2.05, 4.69) is 74.6 Å². The van der Waals surface area contributed by atoms with Crippen LogP contribution in [0.5, 0.6) is 0 Å². The lowest BCUT2D eigenvalue weighted by Gasteiger charge is -2.12. The van der Waals surface area contributed by atoms with E-state index < -0.39 is 0 Å². The van der Waals surface area contributed by atoms with Crippen molar-refractivity contribution in [3.63, 3.8) is 0 Å². The van der Waals surface area contributed by atoms with Crippen LogP contribution in [0.4, 0.5) is 0 Å². The summed E-state index contributed by atoms with van der Waals surface area (Å²) in [5.41, 5.74) is 5.66. The lowest BCUT2D eigenvalue weighted by atomic mass is 9.92. The molecular formula is C18H18. The second-order valence-corrected chi connectivity index (χ2v) is 5.68. The molecule has 0 nitrogen and oxygen atoms in total. The van der Waals surface area contributed by atoms with Crippen LogP contribution in [0.2, 0.25) is 0 Å². The minimum atomic E-state index is 0.152. The van der Waals surface area contributed by atoms with Crippen LogP contribution in [0.25, 0.3) is 6.08 Å². The summed E-state index contributed by atoms with van der Waals surface area (Å²) in [6, 6.07) is 8.64. The summed E-state index contributed by atoms with van der Waals surface area (Å²) in [6.07, 6.45) is 14.6. The van der Waals surface area contributed by atoms with E-state index >= 15 is 0 Å². The molecule has 0 N–H and O–H groups in total. The van der Waals surface area contributed by atoms with Crippen LogP contribution in [-0.2, 0) is 6.42 Å². The van der Waals surface area contributed by atoms with Gasteiger partial charge >= 0.3 is 0 Å². The van der Waals surface area contributed by atoms with E-state index in [0.717, 1.165) is 6.42 Å². The van der Waals surface area contributed by atoms with E-state index in [0.29, 0.717) is 0 Å². The van der Waals surface area contributed by atoms with Crippen LogP contribution in [-0.4, -0.2) is 0 Å². The number of hydrogen-bond acceptors (Lipinski definition) is 0. The van der Waals surface area contributed by atoms with E-state index in [1.165, 1.54) is 22.3 Å². The first kappa shape index (κ1) is 11.3. The Bertz CT molecular complexity index is 592. The topological polar surface area (TPSA) is 0 Å². The van der Waals surface area contributed by atoms with Crippen LogP contribution < -0.4 is 0 Å². The number of benzene rings is 1. The monoisotopic (exact) mass is 234 g/mol. The van der Waals surface area contributed by atoms with E-state index in [1.807, 2.05) is 0 Å². The Balaban J connectivity index is 2.07. The molecule has 18 heavy (non-hydrogen) atoms. The Morgan fingerprint density at radius 2 is 1.67 bits per heavy atom. The van der Waals surface area contributed by atoms with Crippen molar-refractivity contribution in [2.45, 2.75) is 20.3 Å². The van der Waals surface area contributed by atoms with Crippen molar-refractivity contribution in [2.75, 3.05) is 0 Å². The van der Waals surface area contributed by atoms with Gasteiger partial charge in [-0.3, -0.25) is 0 Å². The molecule has 1 aromatic carbocycles. The highest BCUT2D eigenvalue weighted by atomic mass is 14.2. The van der Waals surface area contributed by atoms with Gasteiger partial charge in [-0.1, -0.05) is 74.6 Å². The normalized spacial score (nSPS) is 20.1. The third-order valence-electron chi connectivity index (χ3n) is 3.66. The Hall–Kier alpha value is -1.82. The lowest BCUT2D eigenvalue weighted by molar-refractivity contribution is 0.626. The van der Waals surface area contributed by atoms with E-state index in [-0.39, 0.29) is 5.41 Å². The van der Waals surface area contributed by atoms with E-state index in [1.54, 1.807) is 0 Å². The highest BCUT2D eigenvalue weighted by Gasteiger charge is 2.15. The van der Waals surface area contributed by atoms with Gasteiger partial charge in [0.1, 0.15) is 0 Å². The third-order valence-corrected chi connectivity index (χ3v) is 3.66. The second-order valence-electron chi connectivity index (χ2n) is 5.68. The van der Waals surface area contributed by atoms with Crippen LogP contribution in [0.1, 0.15) is 25.0 Å². The molecule has 0 spiro atoms. The SMILES string of the molecule is CC1(C)C=CC2=C(C=C1)Cc1ccccc1C=C2. The summed E-state index contributed by atoms with van der Waals surface area (Å²) < 4.78 is 0. The van der Waals surface area contributed by atoms with Crippen LogP contribution >= 0.6 is 0 Å². The van der Waals surface area contributed by atoms with E-state index in [4.69, 9.17) is 0 Å². The van der Waals surface area contributed by atoms with E-state index in [9.17, 15) is 0 Å². The van der Waals surface area contributed by atoms with Gasteiger partial charge in [0.25, 0.3) is 0 Å². The molecule has 0 saturated heterocycles. The molecule has 0 unspecified atom stereocenters. The molecule has 0 heterocycles. The van der Waals surface area contributed by atoms with Gasteiger partial charge in [-0.25, -0.2) is 0 Å². The van der Waals surface area contributed by atoms with Crippen LogP contribution in [0.3, 0.4) is 0 Å². The molecule has 1 aromatic rings. The minimum Gasteiger partial charge on any atom is -0.0748 e. The molecule has 0 amide bonds. The van der Waals surface area contributed by atoms with Crippen molar-refractivity contribution in [1.82, 2.24) is 0 Å². The van der Waals surface area contributed by atoms with Gasteiger partial charge in [-0.05, 0) is 28.7 Å². The lowest BCUT2D eigenvalue weighted by Crippen LogP contribution is -2.00. The quantitative estimate of drug-likeness (QED) is 0.610. The Morgan fingerprint density at radius 3 is 2.56 bits per heavy atom. The molecule has 2 aliphatic carbocycles. The molecular weight excluding hydrogens is 216 g/mol. The summed E-state index contributed by atoms with van der Waals surface area (Å²) in [5, 5.41) is 0. The summed E-state index contributed by atoms with van der Waals surface area (Å²) in [5.74, 6) is 0. The standard InChI is InChI=1S/C18H18/c1-18(2)11-9-15-8-7-14-5-3-4-6-16(14)13-17(15)10-12-18/h3-12H,13H2,1-2H3. The fraction of sp³-hybridized carbons (Fsp3) is 0.222. The minimum absolute atomic E-state index is 0.152. The molecule has 0 fully saturated rings. The maximum absolute atomic E-state index is 2.30. The zero-order valence-corrected chi connectivity index (χ0v) is 11.0. The Labute approximate surface area is 109 Å². The zero-order chi connectivity index (χ0) is 12.6. The number of hydrogen-bond donors (Lipinski definition) is 0.